The van der Waals surface area contributed by atoms with Crippen LogP contribution in [0, 0.1) is 0 Å². The van der Waals surface area contributed by atoms with E-state index in [2.05, 4.69) is 31.3 Å². The molecule has 1 aromatic carbocycles. The Labute approximate surface area is 138 Å². The number of carbonyl (C=O) groups is 1. The van der Waals surface area contributed by atoms with Gasteiger partial charge in [-0.05, 0) is 28.1 Å². The lowest BCUT2D eigenvalue weighted by molar-refractivity contribution is 0.0915. The third-order valence-electron chi connectivity index (χ3n) is 2.40. The molecule has 1 unspecified atom stereocenters. The quantitative estimate of drug-likeness (QED) is 0.807. The highest BCUT2D eigenvalue weighted by atomic mass is 79.9. The molecule has 2 aromatic rings. The van der Waals surface area contributed by atoms with Crippen molar-refractivity contribution in [2.75, 3.05) is 0 Å². The topological polar surface area (TPSA) is 59.8 Å². The third kappa shape index (κ3) is 3.63. The molecule has 1 N–H and O–H groups in total. The van der Waals surface area contributed by atoms with Crippen LogP contribution in [-0.4, -0.2) is 24.5 Å². The smallest absolute Gasteiger partial charge is 0.254 e. The minimum absolute atomic E-state index is 0.399. The van der Waals surface area contributed by atoms with Crippen molar-refractivity contribution < 1.29 is 4.79 Å². The van der Waals surface area contributed by atoms with E-state index in [0.29, 0.717) is 10.0 Å². The summed E-state index contributed by atoms with van der Waals surface area (Å²) < 4.78 is 0.131. The second-order valence-corrected chi connectivity index (χ2v) is 7.00. The fourth-order valence-corrected chi connectivity index (χ4v) is 2.42. The number of amides is 1. The molecule has 0 aliphatic heterocycles. The van der Waals surface area contributed by atoms with Gasteiger partial charge in [-0.2, -0.15) is 5.10 Å². The maximum atomic E-state index is 12.2. The summed E-state index contributed by atoms with van der Waals surface area (Å²) in [5, 5.41) is 6.49. The lowest BCUT2D eigenvalue weighted by atomic mass is 10.2. The van der Waals surface area contributed by atoms with Crippen molar-refractivity contribution in [3.8, 4) is 0 Å². The van der Waals surface area contributed by atoms with Crippen molar-refractivity contribution in [2.45, 2.75) is 9.96 Å². The fraction of sp³-hybridized carbons (Fsp3) is 0.182. The van der Waals surface area contributed by atoms with Crippen LogP contribution in [0.3, 0.4) is 0 Å². The average molecular weight is 398 g/mol. The monoisotopic (exact) mass is 396 g/mol. The molecule has 1 heterocycles. The molecule has 0 fully saturated rings. The molecule has 1 aromatic heterocycles. The van der Waals surface area contributed by atoms with Crippen LogP contribution in [0.15, 0.2) is 41.4 Å². The molecule has 9 heteroatoms. The molecule has 0 bridgehead atoms. The first-order valence-electron chi connectivity index (χ1n) is 5.36. The van der Waals surface area contributed by atoms with E-state index in [0.717, 1.165) is 0 Å². The van der Waals surface area contributed by atoms with Crippen molar-refractivity contribution in [1.29, 1.82) is 0 Å². The Morgan fingerprint density at radius 2 is 2.05 bits per heavy atom. The van der Waals surface area contributed by atoms with E-state index in [1.54, 1.807) is 24.3 Å². The Morgan fingerprint density at radius 3 is 2.60 bits per heavy atom. The standard InChI is InChI=1S/C11H8BrCl3N4O/c12-8-4-2-1-3-7(8)9(20)18-10(11(13,14)15)19-6-16-5-17-19/h1-6,10H,(H,18,20). The first kappa shape index (κ1) is 15.6. The molecule has 1 atom stereocenters. The summed E-state index contributed by atoms with van der Waals surface area (Å²) in [4.78, 5) is 16.0. The van der Waals surface area contributed by atoms with Gasteiger partial charge < -0.3 is 5.32 Å². The number of nitrogens with zero attached hydrogens (tertiary/aromatic N) is 3. The summed E-state index contributed by atoms with van der Waals surface area (Å²) in [5.41, 5.74) is 0.423. The molecule has 0 aliphatic rings. The van der Waals surface area contributed by atoms with Gasteiger partial charge in [-0.25, -0.2) is 9.67 Å². The van der Waals surface area contributed by atoms with Gasteiger partial charge in [0.25, 0.3) is 5.91 Å². The van der Waals surface area contributed by atoms with Gasteiger partial charge in [0.2, 0.25) is 3.79 Å². The van der Waals surface area contributed by atoms with Gasteiger partial charge in [-0.3, -0.25) is 4.79 Å². The molecule has 0 spiro atoms. The van der Waals surface area contributed by atoms with Gasteiger partial charge >= 0.3 is 0 Å². The van der Waals surface area contributed by atoms with Gasteiger partial charge in [-0.1, -0.05) is 46.9 Å². The van der Waals surface area contributed by atoms with E-state index in [1.165, 1.54) is 17.3 Å². The van der Waals surface area contributed by atoms with E-state index >= 15 is 0 Å². The van der Waals surface area contributed by atoms with E-state index in [1.807, 2.05) is 0 Å². The number of benzene rings is 1. The highest BCUT2D eigenvalue weighted by molar-refractivity contribution is 9.10. The molecule has 0 radical (unpaired) electrons. The number of hydrogen-bond acceptors (Lipinski definition) is 3. The summed E-state index contributed by atoms with van der Waals surface area (Å²) in [6, 6.07) is 6.93. The number of hydrogen-bond donors (Lipinski definition) is 1. The van der Waals surface area contributed by atoms with Crippen LogP contribution in [0.1, 0.15) is 16.5 Å². The lowest BCUT2D eigenvalue weighted by Gasteiger charge is -2.25. The first-order chi connectivity index (χ1) is 9.39. The summed E-state index contributed by atoms with van der Waals surface area (Å²) in [5.74, 6) is -0.399. The third-order valence-corrected chi connectivity index (χ3v) is 3.71. The molecule has 1 amide bonds. The van der Waals surface area contributed by atoms with Crippen LogP contribution >= 0.6 is 50.7 Å². The molecule has 106 valence electrons. The highest BCUT2D eigenvalue weighted by Crippen LogP contribution is 2.36. The maximum Gasteiger partial charge on any atom is 0.254 e. The molecular weight excluding hydrogens is 390 g/mol. The minimum atomic E-state index is -1.77. The van der Waals surface area contributed by atoms with E-state index in [4.69, 9.17) is 34.8 Å². The Hall–Kier alpha value is -0.820. The fourth-order valence-electron chi connectivity index (χ4n) is 1.50. The molecule has 2 rings (SSSR count). The Bertz CT molecular complexity index is 600. The Kier molecular flexibility index (Phi) is 4.90. The predicted molar refractivity (Wildman–Crippen MR) is 81.0 cm³/mol. The van der Waals surface area contributed by atoms with E-state index < -0.39 is 15.9 Å². The molecule has 0 aliphatic carbocycles. The minimum Gasteiger partial charge on any atom is -0.326 e. The van der Waals surface area contributed by atoms with Gasteiger partial charge in [-0.15, -0.1) is 0 Å². The first-order valence-corrected chi connectivity index (χ1v) is 7.28. The number of carbonyl (C=O) groups excluding carboxylic acids is 1. The summed E-state index contributed by atoms with van der Waals surface area (Å²) >= 11 is 20.9. The van der Waals surface area contributed by atoms with Crippen LogP contribution in [0.2, 0.25) is 0 Å². The number of aromatic nitrogens is 3. The second kappa shape index (κ2) is 6.30. The van der Waals surface area contributed by atoms with Crippen LogP contribution in [-0.2, 0) is 0 Å². The summed E-state index contributed by atoms with van der Waals surface area (Å²) in [6.07, 6.45) is 1.66. The number of nitrogens with one attached hydrogen (secondary N) is 1. The van der Waals surface area contributed by atoms with Gasteiger partial charge in [0.1, 0.15) is 12.7 Å². The number of rotatable bonds is 3. The number of alkyl halides is 3. The second-order valence-electron chi connectivity index (χ2n) is 3.77. The van der Waals surface area contributed by atoms with E-state index in [9.17, 15) is 4.79 Å². The van der Waals surface area contributed by atoms with Gasteiger partial charge in [0.15, 0.2) is 6.17 Å². The average Bonchev–Trinajstić information content (AvgIpc) is 2.88. The van der Waals surface area contributed by atoms with Crippen LogP contribution in [0.25, 0.3) is 0 Å². The van der Waals surface area contributed by atoms with Crippen LogP contribution in [0.4, 0.5) is 0 Å². The maximum absolute atomic E-state index is 12.2. The van der Waals surface area contributed by atoms with Crippen LogP contribution < -0.4 is 5.32 Å². The number of halogens is 4. The zero-order valence-corrected chi connectivity index (χ0v) is 13.7. The predicted octanol–water partition coefficient (Wildman–Crippen LogP) is 3.34. The molecular formula is C11H8BrCl3N4O. The summed E-state index contributed by atoms with van der Waals surface area (Å²) in [7, 11) is 0. The largest absolute Gasteiger partial charge is 0.326 e. The van der Waals surface area contributed by atoms with Crippen molar-refractivity contribution in [3.05, 3.63) is 47.0 Å². The normalized spacial score (nSPS) is 13.0. The lowest BCUT2D eigenvalue weighted by Crippen LogP contribution is -2.40. The van der Waals surface area contributed by atoms with Crippen molar-refractivity contribution >= 4 is 56.6 Å². The van der Waals surface area contributed by atoms with Crippen LogP contribution in [0.5, 0.6) is 0 Å². The SMILES string of the molecule is O=C(NC(n1cncn1)C(Cl)(Cl)Cl)c1ccccc1Br. The van der Waals surface area contributed by atoms with Gasteiger partial charge in [0, 0.05) is 4.47 Å². The molecule has 5 nitrogen and oxygen atoms in total. The van der Waals surface area contributed by atoms with Crippen molar-refractivity contribution in [3.63, 3.8) is 0 Å². The van der Waals surface area contributed by atoms with Crippen molar-refractivity contribution in [1.82, 2.24) is 20.1 Å². The van der Waals surface area contributed by atoms with E-state index in [-0.39, 0.29) is 0 Å². The Morgan fingerprint density at radius 1 is 1.35 bits per heavy atom. The Balaban J connectivity index is 2.26. The van der Waals surface area contributed by atoms with Crippen molar-refractivity contribution in [2.24, 2.45) is 0 Å². The van der Waals surface area contributed by atoms with Gasteiger partial charge in [0.05, 0.1) is 5.56 Å². The zero-order chi connectivity index (χ0) is 14.8. The zero-order valence-electron chi connectivity index (χ0n) is 9.80. The highest BCUT2D eigenvalue weighted by Gasteiger charge is 2.36. The molecule has 20 heavy (non-hydrogen) atoms. The summed E-state index contributed by atoms with van der Waals surface area (Å²) in [6.45, 7) is 0. The molecule has 0 saturated carbocycles. The molecule has 0 saturated heterocycles.